The van der Waals surface area contributed by atoms with Crippen LogP contribution in [0.1, 0.15) is 32.4 Å². The molecular formula is C12H19N3O. The van der Waals surface area contributed by atoms with Crippen LogP contribution in [-0.4, -0.2) is 23.5 Å². The standard InChI is InChI=1S/C12H19N3O/c1-9(2)15-12(16)8-14-10(3)11-4-6-13-7-5-11/h4-7,9-10,14H,8H2,1-3H3,(H,15,16). The van der Waals surface area contributed by atoms with Crippen LogP contribution in [0.3, 0.4) is 0 Å². The maximum atomic E-state index is 11.4. The van der Waals surface area contributed by atoms with Crippen LogP contribution in [0.25, 0.3) is 0 Å². The molecule has 0 aliphatic rings. The molecule has 88 valence electrons. The zero-order valence-electron chi connectivity index (χ0n) is 10.0. The Labute approximate surface area is 96.5 Å². The van der Waals surface area contributed by atoms with Crippen molar-refractivity contribution in [3.8, 4) is 0 Å². The Morgan fingerprint density at radius 3 is 2.50 bits per heavy atom. The van der Waals surface area contributed by atoms with Gasteiger partial charge in [-0.15, -0.1) is 0 Å². The van der Waals surface area contributed by atoms with E-state index in [1.54, 1.807) is 12.4 Å². The molecule has 2 N–H and O–H groups in total. The molecule has 0 spiro atoms. The highest BCUT2D eigenvalue weighted by Crippen LogP contribution is 2.09. The predicted molar refractivity (Wildman–Crippen MR) is 63.9 cm³/mol. The van der Waals surface area contributed by atoms with E-state index >= 15 is 0 Å². The lowest BCUT2D eigenvalue weighted by atomic mass is 10.1. The molecule has 0 saturated carbocycles. The van der Waals surface area contributed by atoms with Gasteiger partial charge in [0, 0.05) is 24.5 Å². The fourth-order valence-corrected chi connectivity index (χ4v) is 1.39. The largest absolute Gasteiger partial charge is 0.353 e. The van der Waals surface area contributed by atoms with Crippen molar-refractivity contribution in [2.45, 2.75) is 32.9 Å². The fourth-order valence-electron chi connectivity index (χ4n) is 1.39. The molecule has 1 aromatic heterocycles. The smallest absolute Gasteiger partial charge is 0.234 e. The minimum atomic E-state index is 0.0240. The summed E-state index contributed by atoms with van der Waals surface area (Å²) in [5.74, 6) is 0.0240. The molecule has 0 saturated heterocycles. The molecule has 0 radical (unpaired) electrons. The molecule has 1 atom stereocenters. The van der Waals surface area contributed by atoms with Gasteiger partial charge in [0.15, 0.2) is 0 Å². The summed E-state index contributed by atoms with van der Waals surface area (Å²) >= 11 is 0. The number of carbonyl (C=O) groups excluding carboxylic acids is 1. The molecule has 4 nitrogen and oxygen atoms in total. The average molecular weight is 221 g/mol. The van der Waals surface area contributed by atoms with Crippen LogP contribution >= 0.6 is 0 Å². The molecule has 1 aromatic rings. The first-order chi connectivity index (χ1) is 7.59. The second-order valence-electron chi connectivity index (χ2n) is 4.11. The summed E-state index contributed by atoms with van der Waals surface area (Å²) in [6.07, 6.45) is 3.50. The first-order valence-electron chi connectivity index (χ1n) is 5.52. The number of nitrogens with zero attached hydrogens (tertiary/aromatic N) is 1. The molecule has 16 heavy (non-hydrogen) atoms. The van der Waals surface area contributed by atoms with Gasteiger partial charge in [0.1, 0.15) is 0 Å². The van der Waals surface area contributed by atoms with E-state index in [2.05, 4.69) is 15.6 Å². The van der Waals surface area contributed by atoms with Gasteiger partial charge >= 0.3 is 0 Å². The van der Waals surface area contributed by atoms with Gasteiger partial charge in [-0.25, -0.2) is 0 Å². The van der Waals surface area contributed by atoms with Crippen LogP contribution in [-0.2, 0) is 4.79 Å². The molecule has 1 heterocycles. The first-order valence-corrected chi connectivity index (χ1v) is 5.52. The van der Waals surface area contributed by atoms with Gasteiger partial charge in [0.2, 0.25) is 5.91 Å². The maximum Gasteiger partial charge on any atom is 0.234 e. The number of pyridine rings is 1. The van der Waals surface area contributed by atoms with Crippen LogP contribution in [0.5, 0.6) is 0 Å². The Hall–Kier alpha value is -1.42. The summed E-state index contributed by atoms with van der Waals surface area (Å²) in [7, 11) is 0. The third-order valence-electron chi connectivity index (χ3n) is 2.22. The maximum absolute atomic E-state index is 11.4. The summed E-state index contributed by atoms with van der Waals surface area (Å²) in [6, 6.07) is 4.22. The lowest BCUT2D eigenvalue weighted by Crippen LogP contribution is -2.38. The number of rotatable bonds is 5. The molecule has 4 heteroatoms. The number of aromatic nitrogens is 1. The van der Waals surface area contributed by atoms with Gasteiger partial charge < -0.3 is 10.6 Å². The molecule has 0 aliphatic heterocycles. The number of nitrogens with one attached hydrogen (secondary N) is 2. The predicted octanol–water partition coefficient (Wildman–Crippen LogP) is 1.26. The SMILES string of the molecule is CC(C)NC(=O)CNC(C)c1ccncc1. The van der Waals surface area contributed by atoms with Gasteiger partial charge in [-0.2, -0.15) is 0 Å². The van der Waals surface area contributed by atoms with Gasteiger partial charge in [-0.3, -0.25) is 9.78 Å². The van der Waals surface area contributed by atoms with Crippen molar-refractivity contribution in [3.05, 3.63) is 30.1 Å². The van der Waals surface area contributed by atoms with E-state index < -0.39 is 0 Å². The number of hydrogen-bond donors (Lipinski definition) is 2. The van der Waals surface area contributed by atoms with E-state index in [9.17, 15) is 4.79 Å². The van der Waals surface area contributed by atoms with Gasteiger partial charge in [-0.05, 0) is 38.5 Å². The highest BCUT2D eigenvalue weighted by molar-refractivity contribution is 5.78. The molecule has 0 fully saturated rings. The summed E-state index contributed by atoms with van der Waals surface area (Å²) in [4.78, 5) is 15.4. The highest BCUT2D eigenvalue weighted by Gasteiger charge is 2.07. The molecule has 0 aliphatic carbocycles. The third-order valence-corrected chi connectivity index (χ3v) is 2.22. The second-order valence-corrected chi connectivity index (χ2v) is 4.11. The molecule has 1 rings (SSSR count). The fraction of sp³-hybridized carbons (Fsp3) is 0.500. The monoisotopic (exact) mass is 221 g/mol. The molecule has 1 amide bonds. The van der Waals surface area contributed by atoms with Gasteiger partial charge in [0.25, 0.3) is 0 Å². The normalized spacial score (nSPS) is 12.5. The van der Waals surface area contributed by atoms with E-state index in [1.807, 2.05) is 32.9 Å². The number of carbonyl (C=O) groups is 1. The van der Waals surface area contributed by atoms with E-state index in [0.29, 0.717) is 6.54 Å². The van der Waals surface area contributed by atoms with Crippen LogP contribution in [0, 0.1) is 0 Å². The minimum absolute atomic E-state index is 0.0240. The topological polar surface area (TPSA) is 54.0 Å². The van der Waals surface area contributed by atoms with Crippen molar-refractivity contribution in [2.75, 3.05) is 6.54 Å². The van der Waals surface area contributed by atoms with Crippen LogP contribution < -0.4 is 10.6 Å². The first kappa shape index (κ1) is 12.6. The Morgan fingerprint density at radius 2 is 1.94 bits per heavy atom. The van der Waals surface area contributed by atoms with E-state index in [1.165, 1.54) is 0 Å². The van der Waals surface area contributed by atoms with Crippen molar-refractivity contribution in [1.82, 2.24) is 15.6 Å². The Bertz CT molecular complexity index is 324. The van der Waals surface area contributed by atoms with E-state index in [4.69, 9.17) is 0 Å². The van der Waals surface area contributed by atoms with Crippen molar-refractivity contribution in [3.63, 3.8) is 0 Å². The third kappa shape index (κ3) is 4.40. The van der Waals surface area contributed by atoms with E-state index in [-0.39, 0.29) is 18.0 Å². The lowest BCUT2D eigenvalue weighted by molar-refractivity contribution is -0.120. The van der Waals surface area contributed by atoms with Gasteiger partial charge in [0.05, 0.1) is 6.54 Å². The van der Waals surface area contributed by atoms with E-state index in [0.717, 1.165) is 5.56 Å². The summed E-state index contributed by atoms with van der Waals surface area (Å²) in [5.41, 5.74) is 1.13. The summed E-state index contributed by atoms with van der Waals surface area (Å²) in [5, 5.41) is 6.00. The van der Waals surface area contributed by atoms with Crippen LogP contribution in [0.15, 0.2) is 24.5 Å². The van der Waals surface area contributed by atoms with Crippen molar-refractivity contribution in [1.29, 1.82) is 0 Å². The zero-order chi connectivity index (χ0) is 12.0. The molecule has 1 unspecified atom stereocenters. The minimum Gasteiger partial charge on any atom is -0.353 e. The quantitative estimate of drug-likeness (QED) is 0.787. The zero-order valence-corrected chi connectivity index (χ0v) is 10.0. The number of amides is 1. The van der Waals surface area contributed by atoms with Crippen LogP contribution in [0.2, 0.25) is 0 Å². The summed E-state index contributed by atoms with van der Waals surface area (Å²) < 4.78 is 0. The van der Waals surface area contributed by atoms with Crippen molar-refractivity contribution >= 4 is 5.91 Å². The Balaban J connectivity index is 2.36. The Kier molecular flexibility index (Phi) is 4.92. The summed E-state index contributed by atoms with van der Waals surface area (Å²) in [6.45, 7) is 6.26. The molecule has 0 aromatic carbocycles. The van der Waals surface area contributed by atoms with Crippen LogP contribution in [0.4, 0.5) is 0 Å². The molecular weight excluding hydrogens is 202 g/mol. The van der Waals surface area contributed by atoms with Crippen molar-refractivity contribution < 1.29 is 4.79 Å². The Morgan fingerprint density at radius 1 is 1.31 bits per heavy atom. The highest BCUT2D eigenvalue weighted by atomic mass is 16.1. The van der Waals surface area contributed by atoms with Crippen molar-refractivity contribution in [2.24, 2.45) is 0 Å². The number of hydrogen-bond acceptors (Lipinski definition) is 3. The lowest BCUT2D eigenvalue weighted by Gasteiger charge is -2.14. The van der Waals surface area contributed by atoms with Gasteiger partial charge in [-0.1, -0.05) is 0 Å². The second kappa shape index (κ2) is 6.23. The molecule has 0 bridgehead atoms. The average Bonchev–Trinajstić information content (AvgIpc) is 2.26.